The Balaban J connectivity index is 1.85. The predicted octanol–water partition coefficient (Wildman–Crippen LogP) is 5.13. The molecule has 0 aromatic heterocycles. The van der Waals surface area contributed by atoms with E-state index in [1.165, 1.54) is 24.0 Å². The van der Waals surface area contributed by atoms with Crippen molar-refractivity contribution in [3.63, 3.8) is 0 Å². The molecule has 0 saturated heterocycles. The van der Waals surface area contributed by atoms with Gasteiger partial charge in [-0.25, -0.2) is 0 Å². The molecule has 0 fully saturated rings. The van der Waals surface area contributed by atoms with Gasteiger partial charge < -0.3 is 4.74 Å². The summed E-state index contributed by atoms with van der Waals surface area (Å²) in [5, 5.41) is 0. The molecule has 1 radical (unpaired) electrons. The molecule has 2 aromatic rings. The molecular formula is C18H21O. The van der Waals surface area contributed by atoms with Gasteiger partial charge in [0.2, 0.25) is 0 Å². The van der Waals surface area contributed by atoms with E-state index < -0.39 is 0 Å². The van der Waals surface area contributed by atoms with Crippen molar-refractivity contribution in [1.82, 2.24) is 0 Å². The van der Waals surface area contributed by atoms with E-state index in [1.807, 2.05) is 18.2 Å². The zero-order valence-electron chi connectivity index (χ0n) is 11.3. The van der Waals surface area contributed by atoms with Gasteiger partial charge >= 0.3 is 0 Å². The second-order valence-corrected chi connectivity index (χ2v) is 4.65. The Bertz CT molecular complexity index is 459. The smallest absolute Gasteiger partial charge is 0.119 e. The van der Waals surface area contributed by atoms with Crippen molar-refractivity contribution in [2.45, 2.75) is 25.7 Å². The largest absolute Gasteiger partial charge is 0.494 e. The first kappa shape index (κ1) is 13.7. The van der Waals surface area contributed by atoms with Gasteiger partial charge in [0.05, 0.1) is 6.61 Å². The molecule has 0 bridgehead atoms. The van der Waals surface area contributed by atoms with Gasteiger partial charge in [0.15, 0.2) is 0 Å². The number of hydrogen-bond donors (Lipinski definition) is 0. The van der Waals surface area contributed by atoms with E-state index in [1.54, 1.807) is 0 Å². The van der Waals surface area contributed by atoms with Crippen LogP contribution in [0.4, 0.5) is 0 Å². The van der Waals surface area contributed by atoms with E-state index in [-0.39, 0.29) is 0 Å². The SMILES string of the molecule is [CH2]CCCCCOc1ccc(-c2ccccc2)cc1. The topological polar surface area (TPSA) is 9.23 Å². The molecule has 0 aliphatic heterocycles. The van der Waals surface area contributed by atoms with Gasteiger partial charge in [-0.05, 0) is 29.7 Å². The lowest BCUT2D eigenvalue weighted by Crippen LogP contribution is -1.96. The lowest BCUT2D eigenvalue weighted by atomic mass is 10.1. The van der Waals surface area contributed by atoms with Gasteiger partial charge in [-0.15, -0.1) is 0 Å². The Hall–Kier alpha value is -1.76. The minimum Gasteiger partial charge on any atom is -0.494 e. The summed E-state index contributed by atoms with van der Waals surface area (Å²) in [4.78, 5) is 0. The van der Waals surface area contributed by atoms with Crippen molar-refractivity contribution in [1.29, 1.82) is 0 Å². The Morgan fingerprint density at radius 1 is 0.737 bits per heavy atom. The van der Waals surface area contributed by atoms with E-state index in [9.17, 15) is 0 Å². The van der Waals surface area contributed by atoms with E-state index in [2.05, 4.69) is 43.3 Å². The Labute approximate surface area is 116 Å². The van der Waals surface area contributed by atoms with Crippen molar-refractivity contribution >= 4 is 0 Å². The first-order chi connectivity index (χ1) is 9.40. The van der Waals surface area contributed by atoms with Gasteiger partial charge in [-0.2, -0.15) is 0 Å². The lowest BCUT2D eigenvalue weighted by molar-refractivity contribution is 0.305. The molecule has 0 saturated carbocycles. The fourth-order valence-corrected chi connectivity index (χ4v) is 2.02. The molecule has 1 nitrogen and oxygen atoms in total. The summed E-state index contributed by atoms with van der Waals surface area (Å²) in [6.45, 7) is 4.64. The lowest BCUT2D eigenvalue weighted by Gasteiger charge is -2.07. The molecule has 0 spiro atoms. The fourth-order valence-electron chi connectivity index (χ4n) is 2.02. The highest BCUT2D eigenvalue weighted by molar-refractivity contribution is 5.63. The fraction of sp³-hybridized carbons (Fsp3) is 0.278. The molecule has 0 unspecified atom stereocenters. The highest BCUT2D eigenvalue weighted by Gasteiger charge is 1.98. The van der Waals surface area contributed by atoms with E-state index in [0.717, 1.165) is 25.2 Å². The summed E-state index contributed by atoms with van der Waals surface area (Å²) >= 11 is 0. The third-order valence-corrected chi connectivity index (χ3v) is 3.12. The summed E-state index contributed by atoms with van der Waals surface area (Å²) in [6.07, 6.45) is 4.52. The quantitative estimate of drug-likeness (QED) is 0.622. The minimum absolute atomic E-state index is 0.796. The average Bonchev–Trinajstić information content (AvgIpc) is 2.49. The second kappa shape index (κ2) is 7.63. The normalized spacial score (nSPS) is 10.4. The maximum absolute atomic E-state index is 5.72. The third kappa shape index (κ3) is 4.44. The van der Waals surface area contributed by atoms with Gasteiger partial charge in [-0.1, -0.05) is 68.7 Å². The van der Waals surface area contributed by atoms with Crippen LogP contribution in [0.25, 0.3) is 11.1 Å². The van der Waals surface area contributed by atoms with Crippen molar-refractivity contribution in [3.8, 4) is 16.9 Å². The summed E-state index contributed by atoms with van der Waals surface area (Å²) in [7, 11) is 0. The van der Waals surface area contributed by atoms with E-state index in [4.69, 9.17) is 4.74 Å². The van der Waals surface area contributed by atoms with Gasteiger partial charge in [0.25, 0.3) is 0 Å². The number of benzene rings is 2. The first-order valence-corrected chi connectivity index (χ1v) is 6.97. The molecule has 0 aliphatic rings. The van der Waals surface area contributed by atoms with Crippen LogP contribution in [-0.4, -0.2) is 6.61 Å². The first-order valence-electron chi connectivity index (χ1n) is 6.97. The Kier molecular flexibility index (Phi) is 5.49. The van der Waals surface area contributed by atoms with Crippen molar-refractivity contribution < 1.29 is 4.74 Å². The van der Waals surface area contributed by atoms with E-state index in [0.29, 0.717) is 0 Å². The monoisotopic (exact) mass is 253 g/mol. The molecule has 0 heterocycles. The maximum atomic E-state index is 5.72. The van der Waals surface area contributed by atoms with Crippen LogP contribution in [-0.2, 0) is 0 Å². The van der Waals surface area contributed by atoms with Crippen LogP contribution in [0.3, 0.4) is 0 Å². The zero-order valence-corrected chi connectivity index (χ0v) is 11.3. The van der Waals surface area contributed by atoms with Crippen molar-refractivity contribution in [2.24, 2.45) is 0 Å². The molecule has 19 heavy (non-hydrogen) atoms. The molecule has 0 N–H and O–H groups in total. The maximum Gasteiger partial charge on any atom is 0.119 e. The third-order valence-electron chi connectivity index (χ3n) is 3.12. The number of hydrogen-bond acceptors (Lipinski definition) is 1. The number of rotatable bonds is 7. The van der Waals surface area contributed by atoms with Crippen LogP contribution in [0.1, 0.15) is 25.7 Å². The van der Waals surface area contributed by atoms with Crippen LogP contribution in [0.15, 0.2) is 54.6 Å². The summed E-state index contributed by atoms with van der Waals surface area (Å²) in [6, 6.07) is 18.7. The predicted molar refractivity (Wildman–Crippen MR) is 81.2 cm³/mol. The number of unbranched alkanes of at least 4 members (excludes halogenated alkanes) is 3. The van der Waals surface area contributed by atoms with Crippen LogP contribution in [0.5, 0.6) is 5.75 Å². The standard InChI is InChI=1S/C18H21O/c1-2-3-4-8-15-19-18-13-11-17(12-14-18)16-9-6-5-7-10-16/h5-7,9-14H,1-4,8,15H2. The summed E-state index contributed by atoms with van der Waals surface area (Å²) < 4.78 is 5.72. The average molecular weight is 253 g/mol. The van der Waals surface area contributed by atoms with Crippen LogP contribution < -0.4 is 4.74 Å². The Morgan fingerprint density at radius 3 is 2.11 bits per heavy atom. The minimum atomic E-state index is 0.796. The van der Waals surface area contributed by atoms with Gasteiger partial charge in [0, 0.05) is 0 Å². The van der Waals surface area contributed by atoms with E-state index >= 15 is 0 Å². The molecule has 2 aromatic carbocycles. The van der Waals surface area contributed by atoms with Crippen LogP contribution >= 0.6 is 0 Å². The molecule has 1 heteroatoms. The van der Waals surface area contributed by atoms with Crippen molar-refractivity contribution in [3.05, 3.63) is 61.5 Å². The van der Waals surface area contributed by atoms with Gasteiger partial charge in [-0.3, -0.25) is 0 Å². The molecule has 99 valence electrons. The molecule has 0 atom stereocenters. The summed E-state index contributed by atoms with van der Waals surface area (Å²) in [5.41, 5.74) is 2.47. The molecular weight excluding hydrogens is 232 g/mol. The highest BCUT2D eigenvalue weighted by atomic mass is 16.5. The van der Waals surface area contributed by atoms with Crippen LogP contribution in [0, 0.1) is 6.92 Å². The number of ether oxygens (including phenoxy) is 1. The van der Waals surface area contributed by atoms with Crippen molar-refractivity contribution in [2.75, 3.05) is 6.61 Å². The zero-order chi connectivity index (χ0) is 13.3. The highest BCUT2D eigenvalue weighted by Crippen LogP contribution is 2.22. The molecule has 2 rings (SSSR count). The van der Waals surface area contributed by atoms with Gasteiger partial charge in [0.1, 0.15) is 5.75 Å². The second-order valence-electron chi connectivity index (χ2n) is 4.65. The van der Waals surface area contributed by atoms with Crippen LogP contribution in [0.2, 0.25) is 0 Å². The Morgan fingerprint density at radius 2 is 1.42 bits per heavy atom. The summed E-state index contributed by atoms with van der Waals surface area (Å²) in [5.74, 6) is 0.953. The molecule has 0 amide bonds. The molecule has 0 aliphatic carbocycles.